The van der Waals surface area contributed by atoms with Gasteiger partial charge in [0.2, 0.25) is 0 Å². The number of ether oxygens (including phenoxy) is 1. The largest absolute Gasteiger partial charge is 0.452 e. The average molecular weight is 353 g/mol. The van der Waals surface area contributed by atoms with Crippen molar-refractivity contribution in [3.05, 3.63) is 59.8 Å². The van der Waals surface area contributed by atoms with E-state index in [1.54, 1.807) is 18.3 Å². The molecule has 6 nitrogen and oxygen atoms in total. The molecule has 1 aliphatic rings. The Bertz CT molecular complexity index is 758. The predicted octanol–water partition coefficient (Wildman–Crippen LogP) is 2.72. The van der Waals surface area contributed by atoms with E-state index in [0.717, 1.165) is 31.5 Å². The van der Waals surface area contributed by atoms with Crippen molar-refractivity contribution in [3.63, 3.8) is 0 Å². The number of pyridine rings is 1. The lowest BCUT2D eigenvalue weighted by atomic mass is 10.1. The molecule has 1 aliphatic heterocycles. The lowest BCUT2D eigenvalue weighted by Gasteiger charge is -2.19. The van der Waals surface area contributed by atoms with E-state index in [1.807, 2.05) is 37.3 Å². The van der Waals surface area contributed by atoms with Crippen LogP contribution in [-0.4, -0.2) is 36.6 Å². The summed E-state index contributed by atoms with van der Waals surface area (Å²) in [7, 11) is 0. The molecule has 0 bridgehead atoms. The highest BCUT2D eigenvalue weighted by atomic mass is 16.5. The van der Waals surface area contributed by atoms with Crippen molar-refractivity contribution in [2.24, 2.45) is 0 Å². The van der Waals surface area contributed by atoms with E-state index in [1.165, 1.54) is 0 Å². The van der Waals surface area contributed by atoms with Crippen molar-refractivity contribution in [1.82, 2.24) is 10.3 Å². The highest BCUT2D eigenvalue weighted by molar-refractivity contribution is 5.96. The van der Waals surface area contributed by atoms with E-state index in [0.29, 0.717) is 11.4 Å². The van der Waals surface area contributed by atoms with Gasteiger partial charge in [0.25, 0.3) is 5.91 Å². The number of nitrogens with one attached hydrogen (secondary N) is 1. The fourth-order valence-corrected chi connectivity index (χ4v) is 3.05. The standard InChI is InChI=1S/C20H23N3O3/c1-15(16-8-3-2-4-9-16)22-18(24)14-26-20(25)17-10-7-11-21-19(17)23-12-5-6-13-23/h2-4,7-11,15H,5-6,12-14H2,1H3,(H,22,24). The third kappa shape index (κ3) is 4.39. The van der Waals surface area contributed by atoms with Crippen molar-refractivity contribution in [1.29, 1.82) is 0 Å². The van der Waals surface area contributed by atoms with Crippen LogP contribution in [0, 0.1) is 0 Å². The quantitative estimate of drug-likeness (QED) is 0.809. The molecule has 2 aromatic rings. The molecule has 1 atom stereocenters. The smallest absolute Gasteiger partial charge is 0.342 e. The number of amides is 1. The maximum atomic E-state index is 12.4. The van der Waals surface area contributed by atoms with Crippen molar-refractivity contribution < 1.29 is 14.3 Å². The van der Waals surface area contributed by atoms with Gasteiger partial charge in [-0.05, 0) is 37.5 Å². The van der Waals surface area contributed by atoms with Gasteiger partial charge in [0.15, 0.2) is 6.61 Å². The number of carbonyl (C=O) groups is 2. The van der Waals surface area contributed by atoms with Gasteiger partial charge in [-0.25, -0.2) is 9.78 Å². The lowest BCUT2D eigenvalue weighted by molar-refractivity contribution is -0.124. The molecule has 1 fully saturated rings. The van der Waals surface area contributed by atoms with Crippen molar-refractivity contribution in [2.75, 3.05) is 24.6 Å². The van der Waals surface area contributed by atoms with E-state index in [4.69, 9.17) is 4.74 Å². The molecule has 136 valence electrons. The van der Waals surface area contributed by atoms with Crippen LogP contribution in [0.4, 0.5) is 5.82 Å². The number of anilines is 1. The summed E-state index contributed by atoms with van der Waals surface area (Å²) in [6.45, 7) is 3.34. The molecule has 1 aromatic heterocycles. The zero-order chi connectivity index (χ0) is 18.4. The highest BCUT2D eigenvalue weighted by Crippen LogP contribution is 2.22. The van der Waals surface area contributed by atoms with Crippen LogP contribution in [0.5, 0.6) is 0 Å². The Morgan fingerprint density at radius 2 is 1.88 bits per heavy atom. The van der Waals surface area contributed by atoms with E-state index in [9.17, 15) is 9.59 Å². The summed E-state index contributed by atoms with van der Waals surface area (Å²) >= 11 is 0. The number of benzene rings is 1. The minimum absolute atomic E-state index is 0.152. The summed E-state index contributed by atoms with van der Waals surface area (Å²) in [5.41, 5.74) is 1.40. The van der Waals surface area contributed by atoms with Gasteiger partial charge in [-0.2, -0.15) is 0 Å². The van der Waals surface area contributed by atoms with Crippen LogP contribution in [0.2, 0.25) is 0 Å². The summed E-state index contributed by atoms with van der Waals surface area (Å²) in [6.07, 6.45) is 3.84. The van der Waals surface area contributed by atoms with Crippen LogP contribution in [0.3, 0.4) is 0 Å². The molecule has 0 aliphatic carbocycles. The van der Waals surface area contributed by atoms with Crippen LogP contribution >= 0.6 is 0 Å². The molecule has 2 heterocycles. The zero-order valence-corrected chi connectivity index (χ0v) is 14.9. The first-order valence-corrected chi connectivity index (χ1v) is 8.86. The molecule has 1 aromatic carbocycles. The number of carbonyl (C=O) groups excluding carboxylic acids is 2. The minimum Gasteiger partial charge on any atom is -0.452 e. The Labute approximate surface area is 153 Å². The molecular weight excluding hydrogens is 330 g/mol. The first-order valence-electron chi connectivity index (χ1n) is 8.86. The van der Waals surface area contributed by atoms with Crippen LogP contribution in [-0.2, 0) is 9.53 Å². The summed E-state index contributed by atoms with van der Waals surface area (Å²) in [4.78, 5) is 30.9. The fourth-order valence-electron chi connectivity index (χ4n) is 3.05. The number of hydrogen-bond donors (Lipinski definition) is 1. The van der Waals surface area contributed by atoms with Gasteiger partial charge >= 0.3 is 5.97 Å². The first-order chi connectivity index (χ1) is 12.6. The van der Waals surface area contributed by atoms with Gasteiger partial charge in [0.05, 0.1) is 6.04 Å². The predicted molar refractivity (Wildman–Crippen MR) is 99.0 cm³/mol. The number of esters is 1. The van der Waals surface area contributed by atoms with Gasteiger partial charge in [0, 0.05) is 19.3 Å². The molecule has 1 N–H and O–H groups in total. The van der Waals surface area contributed by atoms with Crippen LogP contribution in [0.15, 0.2) is 48.7 Å². The third-order valence-electron chi connectivity index (χ3n) is 4.42. The van der Waals surface area contributed by atoms with Crippen LogP contribution in [0.1, 0.15) is 41.7 Å². The van der Waals surface area contributed by atoms with E-state index < -0.39 is 5.97 Å². The normalized spacial score (nSPS) is 14.7. The number of aromatic nitrogens is 1. The molecule has 1 amide bonds. The van der Waals surface area contributed by atoms with E-state index >= 15 is 0 Å². The SMILES string of the molecule is CC(NC(=O)COC(=O)c1cccnc1N1CCCC1)c1ccccc1. The van der Waals surface area contributed by atoms with Crippen LogP contribution < -0.4 is 10.2 Å². The van der Waals surface area contributed by atoms with E-state index in [2.05, 4.69) is 15.2 Å². The van der Waals surface area contributed by atoms with Gasteiger partial charge in [-0.3, -0.25) is 4.79 Å². The Hall–Kier alpha value is -2.89. The first kappa shape index (κ1) is 17.9. The molecule has 3 rings (SSSR count). The highest BCUT2D eigenvalue weighted by Gasteiger charge is 2.22. The molecular formula is C20H23N3O3. The summed E-state index contributed by atoms with van der Waals surface area (Å²) in [5, 5.41) is 2.83. The topological polar surface area (TPSA) is 71.5 Å². The molecule has 0 radical (unpaired) electrons. The van der Waals surface area contributed by atoms with Crippen molar-refractivity contribution in [2.45, 2.75) is 25.8 Å². The second-order valence-electron chi connectivity index (χ2n) is 6.34. The van der Waals surface area contributed by atoms with E-state index in [-0.39, 0.29) is 18.6 Å². The van der Waals surface area contributed by atoms with Gasteiger partial charge < -0.3 is 15.0 Å². The van der Waals surface area contributed by atoms with Crippen molar-refractivity contribution >= 4 is 17.7 Å². The second-order valence-corrected chi connectivity index (χ2v) is 6.34. The third-order valence-corrected chi connectivity index (χ3v) is 4.42. The van der Waals surface area contributed by atoms with Crippen LogP contribution in [0.25, 0.3) is 0 Å². The summed E-state index contributed by atoms with van der Waals surface area (Å²) in [6, 6.07) is 12.9. The Kier molecular flexibility index (Phi) is 5.84. The molecule has 0 saturated carbocycles. The molecule has 6 heteroatoms. The second kappa shape index (κ2) is 8.47. The van der Waals surface area contributed by atoms with Crippen molar-refractivity contribution in [3.8, 4) is 0 Å². The maximum absolute atomic E-state index is 12.4. The molecule has 1 saturated heterocycles. The Morgan fingerprint density at radius 3 is 2.62 bits per heavy atom. The lowest BCUT2D eigenvalue weighted by Crippen LogP contribution is -2.31. The average Bonchev–Trinajstić information content (AvgIpc) is 3.21. The molecule has 26 heavy (non-hydrogen) atoms. The van der Waals surface area contributed by atoms with Gasteiger partial charge in [-0.15, -0.1) is 0 Å². The Balaban J connectivity index is 1.56. The molecule has 0 spiro atoms. The minimum atomic E-state index is -0.525. The number of nitrogens with zero attached hydrogens (tertiary/aromatic N) is 2. The summed E-state index contributed by atoms with van der Waals surface area (Å²) < 4.78 is 5.21. The Morgan fingerprint density at radius 1 is 1.15 bits per heavy atom. The monoisotopic (exact) mass is 353 g/mol. The van der Waals surface area contributed by atoms with Gasteiger partial charge in [0.1, 0.15) is 11.4 Å². The number of hydrogen-bond acceptors (Lipinski definition) is 5. The zero-order valence-electron chi connectivity index (χ0n) is 14.9. The maximum Gasteiger partial charge on any atom is 0.342 e. The molecule has 1 unspecified atom stereocenters. The fraction of sp³-hybridized carbons (Fsp3) is 0.350. The summed E-state index contributed by atoms with van der Waals surface area (Å²) in [5.74, 6) is -0.225. The van der Waals surface area contributed by atoms with Gasteiger partial charge in [-0.1, -0.05) is 30.3 Å². The number of rotatable bonds is 6.